The van der Waals surface area contributed by atoms with Crippen LogP contribution in [0.4, 0.5) is 4.39 Å². The van der Waals surface area contributed by atoms with Crippen LogP contribution in [0.2, 0.25) is 0 Å². The van der Waals surface area contributed by atoms with E-state index in [1.807, 2.05) is 26.0 Å². The third kappa shape index (κ3) is 4.88. The fraction of sp³-hybridized carbons (Fsp3) is 0.261. The monoisotopic (exact) mass is 391 g/mol. The normalized spacial score (nSPS) is 11.7. The van der Waals surface area contributed by atoms with E-state index in [1.165, 1.54) is 12.1 Å². The maximum absolute atomic E-state index is 13.0. The van der Waals surface area contributed by atoms with Crippen molar-refractivity contribution in [2.45, 2.75) is 32.7 Å². The van der Waals surface area contributed by atoms with Crippen LogP contribution in [-0.2, 0) is 11.2 Å². The lowest BCUT2D eigenvalue weighted by atomic mass is 10.0. The van der Waals surface area contributed by atoms with Crippen molar-refractivity contribution in [1.82, 2.24) is 9.88 Å². The molecule has 5 nitrogen and oxygen atoms in total. The van der Waals surface area contributed by atoms with Crippen LogP contribution in [0.3, 0.4) is 0 Å². The third-order valence-electron chi connectivity index (χ3n) is 4.89. The molecule has 0 aliphatic carbocycles. The first-order valence-electron chi connectivity index (χ1n) is 9.52. The van der Waals surface area contributed by atoms with Gasteiger partial charge in [0.25, 0.3) is 0 Å². The molecular weight excluding hydrogens is 369 g/mol. The standard InChI is InChI=1S/C23H22FN3O2/c1-3-27(16(2)18-6-4-17(14-25)5-7-18)23(28)13-12-22-26-15-21(29-22)19-8-10-20(24)11-9-19/h4-11,15-16H,3,12-13H2,1-2H3. The maximum Gasteiger partial charge on any atom is 0.223 e. The Bertz CT molecular complexity index is 1000. The second-order valence-electron chi connectivity index (χ2n) is 6.71. The van der Waals surface area contributed by atoms with Gasteiger partial charge in [0.05, 0.1) is 23.9 Å². The largest absolute Gasteiger partial charge is 0.441 e. The van der Waals surface area contributed by atoms with Gasteiger partial charge in [-0.3, -0.25) is 4.79 Å². The third-order valence-corrected chi connectivity index (χ3v) is 4.89. The first-order valence-corrected chi connectivity index (χ1v) is 9.52. The lowest BCUT2D eigenvalue weighted by Gasteiger charge is -2.28. The number of halogens is 1. The van der Waals surface area contributed by atoms with Gasteiger partial charge in [-0.25, -0.2) is 9.37 Å². The number of oxazole rings is 1. The Morgan fingerprint density at radius 3 is 2.52 bits per heavy atom. The zero-order valence-corrected chi connectivity index (χ0v) is 16.4. The van der Waals surface area contributed by atoms with E-state index in [0.29, 0.717) is 30.2 Å². The maximum atomic E-state index is 13.0. The predicted octanol–water partition coefficient (Wildman–Crippen LogP) is 4.89. The first-order chi connectivity index (χ1) is 14.0. The zero-order valence-electron chi connectivity index (χ0n) is 16.4. The second kappa shape index (κ2) is 9.16. The van der Waals surface area contributed by atoms with Gasteiger partial charge in [0.2, 0.25) is 5.91 Å². The number of benzene rings is 2. The van der Waals surface area contributed by atoms with Gasteiger partial charge in [0.1, 0.15) is 5.82 Å². The number of rotatable bonds is 7. The van der Waals surface area contributed by atoms with Crippen LogP contribution in [0.25, 0.3) is 11.3 Å². The highest BCUT2D eigenvalue weighted by Crippen LogP contribution is 2.23. The molecule has 3 rings (SSSR count). The molecule has 0 radical (unpaired) electrons. The van der Waals surface area contributed by atoms with Gasteiger partial charge in [-0.15, -0.1) is 0 Å². The Kier molecular flexibility index (Phi) is 6.40. The van der Waals surface area contributed by atoms with E-state index < -0.39 is 0 Å². The number of nitrogens with zero attached hydrogens (tertiary/aromatic N) is 3. The van der Waals surface area contributed by atoms with Crippen molar-refractivity contribution in [3.8, 4) is 17.4 Å². The number of hydrogen-bond acceptors (Lipinski definition) is 4. The lowest BCUT2D eigenvalue weighted by molar-refractivity contribution is -0.133. The number of aromatic nitrogens is 1. The van der Waals surface area contributed by atoms with Crippen LogP contribution < -0.4 is 0 Å². The first kappa shape index (κ1) is 20.3. The molecule has 1 amide bonds. The highest BCUT2D eigenvalue weighted by molar-refractivity contribution is 5.76. The summed E-state index contributed by atoms with van der Waals surface area (Å²) in [5.74, 6) is 0.714. The Hall–Kier alpha value is -3.46. The van der Waals surface area contributed by atoms with Gasteiger partial charge >= 0.3 is 0 Å². The quantitative estimate of drug-likeness (QED) is 0.575. The minimum absolute atomic E-state index is 0.00546. The molecule has 0 fully saturated rings. The van der Waals surface area contributed by atoms with Gasteiger partial charge in [0, 0.05) is 24.9 Å². The highest BCUT2D eigenvalue weighted by Gasteiger charge is 2.20. The molecule has 6 heteroatoms. The van der Waals surface area contributed by atoms with Crippen LogP contribution in [0.5, 0.6) is 0 Å². The van der Waals surface area contributed by atoms with E-state index in [4.69, 9.17) is 9.68 Å². The smallest absolute Gasteiger partial charge is 0.223 e. The average Bonchev–Trinajstić information content (AvgIpc) is 3.22. The minimum Gasteiger partial charge on any atom is -0.441 e. The highest BCUT2D eigenvalue weighted by atomic mass is 19.1. The number of amides is 1. The van der Waals surface area contributed by atoms with Gasteiger partial charge in [0.15, 0.2) is 11.7 Å². The molecule has 3 aromatic rings. The van der Waals surface area contributed by atoms with E-state index in [0.717, 1.165) is 11.1 Å². The summed E-state index contributed by atoms with van der Waals surface area (Å²) in [6.45, 7) is 4.49. The summed E-state index contributed by atoms with van der Waals surface area (Å²) < 4.78 is 18.8. The van der Waals surface area contributed by atoms with Crippen LogP contribution in [-0.4, -0.2) is 22.3 Å². The van der Waals surface area contributed by atoms with Crippen molar-refractivity contribution in [3.05, 3.63) is 77.6 Å². The SMILES string of the molecule is CCN(C(=O)CCc1ncc(-c2ccc(F)cc2)o1)C(C)c1ccc(C#N)cc1. The predicted molar refractivity (Wildman–Crippen MR) is 107 cm³/mol. The molecule has 0 spiro atoms. The summed E-state index contributed by atoms with van der Waals surface area (Å²) in [4.78, 5) is 18.8. The molecule has 0 saturated heterocycles. The van der Waals surface area contributed by atoms with Crippen LogP contribution >= 0.6 is 0 Å². The molecule has 1 atom stereocenters. The van der Waals surface area contributed by atoms with Crippen molar-refractivity contribution in [1.29, 1.82) is 5.26 Å². The molecule has 0 N–H and O–H groups in total. The van der Waals surface area contributed by atoms with E-state index in [1.54, 1.807) is 35.4 Å². The minimum atomic E-state index is -0.310. The Balaban J connectivity index is 1.62. The molecule has 0 bridgehead atoms. The van der Waals surface area contributed by atoms with E-state index >= 15 is 0 Å². The number of hydrogen-bond donors (Lipinski definition) is 0. The molecule has 29 heavy (non-hydrogen) atoms. The molecule has 148 valence electrons. The molecular formula is C23H22FN3O2. The van der Waals surface area contributed by atoms with E-state index in [9.17, 15) is 9.18 Å². The molecule has 1 unspecified atom stereocenters. The Morgan fingerprint density at radius 2 is 1.90 bits per heavy atom. The lowest BCUT2D eigenvalue weighted by Crippen LogP contribution is -2.33. The van der Waals surface area contributed by atoms with Crippen LogP contribution in [0.15, 0.2) is 59.1 Å². The summed E-state index contributed by atoms with van der Waals surface area (Å²) >= 11 is 0. The number of carbonyl (C=O) groups excluding carboxylic acids is 1. The summed E-state index contributed by atoms with van der Waals surface area (Å²) in [7, 11) is 0. The topological polar surface area (TPSA) is 70.1 Å². The summed E-state index contributed by atoms with van der Waals surface area (Å²) in [5, 5.41) is 8.93. The molecule has 0 saturated carbocycles. The van der Waals surface area contributed by atoms with Crippen LogP contribution in [0.1, 0.15) is 43.3 Å². The van der Waals surface area contributed by atoms with Crippen molar-refractivity contribution in [2.24, 2.45) is 0 Å². The van der Waals surface area contributed by atoms with E-state index in [-0.39, 0.29) is 24.2 Å². The van der Waals surface area contributed by atoms with Gasteiger partial charge in [-0.05, 0) is 55.8 Å². The molecule has 2 aromatic carbocycles. The fourth-order valence-electron chi connectivity index (χ4n) is 3.21. The fourth-order valence-corrected chi connectivity index (χ4v) is 3.21. The van der Waals surface area contributed by atoms with Crippen LogP contribution in [0, 0.1) is 17.1 Å². The van der Waals surface area contributed by atoms with Gasteiger partial charge in [-0.2, -0.15) is 5.26 Å². The summed E-state index contributed by atoms with van der Waals surface area (Å²) in [6, 6.07) is 15.3. The number of nitriles is 1. The molecule has 0 aliphatic heterocycles. The number of aryl methyl sites for hydroxylation is 1. The molecule has 1 aromatic heterocycles. The second-order valence-corrected chi connectivity index (χ2v) is 6.71. The molecule has 0 aliphatic rings. The molecule has 1 heterocycles. The van der Waals surface area contributed by atoms with Gasteiger partial charge in [-0.1, -0.05) is 12.1 Å². The average molecular weight is 391 g/mol. The Morgan fingerprint density at radius 1 is 1.21 bits per heavy atom. The summed E-state index contributed by atoms with van der Waals surface area (Å²) in [5.41, 5.74) is 2.31. The van der Waals surface area contributed by atoms with E-state index in [2.05, 4.69) is 11.1 Å². The van der Waals surface area contributed by atoms with Gasteiger partial charge < -0.3 is 9.32 Å². The van der Waals surface area contributed by atoms with Crippen molar-refractivity contribution in [3.63, 3.8) is 0 Å². The summed E-state index contributed by atoms with van der Waals surface area (Å²) in [6.07, 6.45) is 2.25. The van der Waals surface area contributed by atoms with Crippen molar-refractivity contribution < 1.29 is 13.6 Å². The Labute approximate surface area is 169 Å². The zero-order chi connectivity index (χ0) is 20.8. The number of carbonyl (C=O) groups is 1. The van der Waals surface area contributed by atoms with Crippen molar-refractivity contribution in [2.75, 3.05) is 6.54 Å². The van der Waals surface area contributed by atoms with Crippen molar-refractivity contribution >= 4 is 5.91 Å².